The first-order valence-corrected chi connectivity index (χ1v) is 10.7. The third kappa shape index (κ3) is 5.99. The van der Waals surface area contributed by atoms with Crippen LogP contribution >= 0.6 is 0 Å². The van der Waals surface area contributed by atoms with Crippen molar-refractivity contribution >= 4 is 23.2 Å². The van der Waals surface area contributed by atoms with Crippen LogP contribution in [0.25, 0.3) is 0 Å². The molecule has 1 atom stereocenters. The van der Waals surface area contributed by atoms with Gasteiger partial charge in [-0.25, -0.2) is 8.78 Å². The summed E-state index contributed by atoms with van der Waals surface area (Å²) in [6, 6.07) is 3.95. The minimum Gasteiger partial charge on any atom is -0.370 e. The lowest BCUT2D eigenvalue weighted by Gasteiger charge is -2.35. The Labute approximate surface area is 181 Å². The summed E-state index contributed by atoms with van der Waals surface area (Å²) < 4.78 is 32.7. The molecule has 2 fully saturated rings. The average molecular weight is 439 g/mol. The highest BCUT2D eigenvalue weighted by molar-refractivity contribution is 5.98. The minimum absolute atomic E-state index is 0.0310. The van der Waals surface area contributed by atoms with Gasteiger partial charge >= 0.3 is 0 Å². The lowest BCUT2D eigenvalue weighted by atomic mass is 9.95. The number of halogens is 2. The molecule has 1 heterocycles. The van der Waals surface area contributed by atoms with Crippen molar-refractivity contribution in [1.29, 1.82) is 0 Å². The summed E-state index contributed by atoms with van der Waals surface area (Å²) in [5.41, 5.74) is 5.99. The van der Waals surface area contributed by atoms with Gasteiger partial charge < -0.3 is 20.7 Å². The van der Waals surface area contributed by atoms with Crippen molar-refractivity contribution in [2.45, 2.75) is 52.1 Å². The number of ether oxygens (including phenoxy) is 1. The van der Waals surface area contributed by atoms with E-state index in [-0.39, 0.29) is 35.7 Å². The first-order chi connectivity index (χ1) is 14.6. The number of alkyl halides is 2. The summed E-state index contributed by atoms with van der Waals surface area (Å²) in [6.45, 7) is 7.63. The van der Waals surface area contributed by atoms with E-state index >= 15 is 0 Å². The second-order valence-electron chi connectivity index (χ2n) is 9.38. The molecule has 1 saturated carbocycles. The zero-order chi connectivity index (χ0) is 22.8. The summed E-state index contributed by atoms with van der Waals surface area (Å²) in [5.74, 6) is -0.676. The van der Waals surface area contributed by atoms with Crippen LogP contribution in [-0.2, 0) is 14.3 Å². The molecule has 0 radical (unpaired) electrons. The molecule has 7 nitrogen and oxygen atoms in total. The highest BCUT2D eigenvalue weighted by atomic mass is 19.3. The predicted octanol–water partition coefficient (Wildman–Crippen LogP) is 2.76. The Kier molecular flexibility index (Phi) is 7.28. The Morgan fingerprint density at radius 3 is 2.61 bits per heavy atom. The van der Waals surface area contributed by atoms with Crippen LogP contribution < -0.4 is 16.0 Å². The fourth-order valence-electron chi connectivity index (χ4n) is 3.86. The van der Waals surface area contributed by atoms with Crippen LogP contribution in [0.2, 0.25) is 0 Å². The van der Waals surface area contributed by atoms with Crippen molar-refractivity contribution in [1.82, 2.24) is 4.90 Å². The number of nitrogens with one attached hydrogen (secondary N) is 1. The second kappa shape index (κ2) is 9.58. The molecule has 0 spiro atoms. The maximum Gasteiger partial charge on any atom is 0.265 e. The van der Waals surface area contributed by atoms with E-state index in [1.807, 2.05) is 0 Å². The van der Waals surface area contributed by atoms with Crippen LogP contribution in [0.4, 0.5) is 20.2 Å². The standard InChI is InChI=1S/C22H32F2N4O3/c1-22(2,3)13-28(14-4-5-14)18(11-25)21(30)26-17-7-6-15(10-16(17)20(23)24)27-8-9-31-12-19(27)29/h6-7,10,14,18,20H,4-5,8-9,11-13,25H2,1-3H3,(H,26,30)/t18-/m0/s1. The molecule has 31 heavy (non-hydrogen) atoms. The Morgan fingerprint density at radius 1 is 1.35 bits per heavy atom. The molecular weight excluding hydrogens is 406 g/mol. The van der Waals surface area contributed by atoms with E-state index in [2.05, 4.69) is 31.0 Å². The van der Waals surface area contributed by atoms with Gasteiger partial charge in [0, 0.05) is 42.6 Å². The molecule has 1 aliphatic heterocycles. The maximum atomic E-state index is 13.8. The summed E-state index contributed by atoms with van der Waals surface area (Å²) in [5, 5.41) is 2.66. The molecule has 0 unspecified atom stereocenters. The van der Waals surface area contributed by atoms with Crippen LogP contribution in [0.5, 0.6) is 0 Å². The third-order valence-electron chi connectivity index (χ3n) is 5.42. The molecule has 3 N–H and O–H groups in total. The first kappa shape index (κ1) is 23.6. The van der Waals surface area contributed by atoms with Gasteiger partial charge in [-0.15, -0.1) is 0 Å². The molecule has 0 aromatic heterocycles. The van der Waals surface area contributed by atoms with Crippen molar-refractivity contribution in [3.05, 3.63) is 23.8 Å². The molecule has 3 rings (SSSR count). The number of carbonyl (C=O) groups excluding carboxylic acids is 2. The van der Waals surface area contributed by atoms with Crippen LogP contribution in [0.3, 0.4) is 0 Å². The molecule has 2 amide bonds. The number of anilines is 2. The lowest BCUT2D eigenvalue weighted by Crippen LogP contribution is -2.52. The number of hydrogen-bond donors (Lipinski definition) is 2. The molecule has 1 saturated heterocycles. The van der Waals surface area contributed by atoms with Crippen molar-refractivity contribution < 1.29 is 23.1 Å². The van der Waals surface area contributed by atoms with Gasteiger partial charge in [0.05, 0.1) is 6.61 Å². The monoisotopic (exact) mass is 438 g/mol. The SMILES string of the molecule is CC(C)(C)CN(C1CC1)[C@@H](CN)C(=O)Nc1ccc(N2CCOCC2=O)cc1C(F)F. The van der Waals surface area contributed by atoms with E-state index in [1.54, 1.807) is 6.07 Å². The number of hydrogen-bond acceptors (Lipinski definition) is 5. The number of amides is 2. The number of nitrogens with zero attached hydrogens (tertiary/aromatic N) is 2. The van der Waals surface area contributed by atoms with Crippen LogP contribution in [-0.4, -0.2) is 61.6 Å². The van der Waals surface area contributed by atoms with Crippen LogP contribution in [0.1, 0.15) is 45.6 Å². The smallest absolute Gasteiger partial charge is 0.265 e. The molecule has 1 aromatic carbocycles. The quantitative estimate of drug-likeness (QED) is 0.652. The molecule has 172 valence electrons. The number of morpholine rings is 1. The van der Waals surface area contributed by atoms with Crippen LogP contribution in [0.15, 0.2) is 18.2 Å². The van der Waals surface area contributed by atoms with Crippen molar-refractivity contribution in [3.63, 3.8) is 0 Å². The van der Waals surface area contributed by atoms with Gasteiger partial charge in [0.1, 0.15) is 12.6 Å². The Morgan fingerprint density at radius 2 is 2.06 bits per heavy atom. The average Bonchev–Trinajstić information content (AvgIpc) is 3.53. The van der Waals surface area contributed by atoms with E-state index in [0.29, 0.717) is 31.4 Å². The zero-order valence-electron chi connectivity index (χ0n) is 18.4. The van der Waals surface area contributed by atoms with Gasteiger partial charge in [-0.1, -0.05) is 20.8 Å². The summed E-state index contributed by atoms with van der Waals surface area (Å²) in [7, 11) is 0. The highest BCUT2D eigenvalue weighted by Crippen LogP contribution is 2.34. The molecule has 1 aliphatic carbocycles. The van der Waals surface area contributed by atoms with Crippen LogP contribution in [0, 0.1) is 5.41 Å². The summed E-state index contributed by atoms with van der Waals surface area (Å²) in [6.07, 6.45) is -0.800. The fraction of sp³-hybridized carbons (Fsp3) is 0.636. The van der Waals surface area contributed by atoms with Crippen molar-refractivity contribution in [2.24, 2.45) is 11.1 Å². The predicted molar refractivity (Wildman–Crippen MR) is 115 cm³/mol. The van der Waals surface area contributed by atoms with E-state index in [4.69, 9.17) is 10.5 Å². The zero-order valence-corrected chi connectivity index (χ0v) is 18.4. The van der Waals surface area contributed by atoms with Crippen molar-refractivity contribution in [3.8, 4) is 0 Å². The van der Waals surface area contributed by atoms with E-state index < -0.39 is 18.4 Å². The Hall–Kier alpha value is -2.10. The molecular formula is C22H32F2N4O3. The van der Waals surface area contributed by atoms with Gasteiger partial charge in [-0.2, -0.15) is 0 Å². The Bertz CT molecular complexity index is 808. The van der Waals surface area contributed by atoms with Gasteiger partial charge in [-0.05, 0) is 36.5 Å². The summed E-state index contributed by atoms with van der Waals surface area (Å²) in [4.78, 5) is 28.6. The number of benzene rings is 1. The largest absolute Gasteiger partial charge is 0.370 e. The fourth-order valence-corrected chi connectivity index (χ4v) is 3.86. The summed E-state index contributed by atoms with van der Waals surface area (Å²) >= 11 is 0. The molecule has 1 aromatic rings. The van der Waals surface area contributed by atoms with Gasteiger partial charge in [0.15, 0.2) is 0 Å². The maximum absolute atomic E-state index is 13.8. The first-order valence-electron chi connectivity index (χ1n) is 10.7. The van der Waals surface area contributed by atoms with E-state index in [1.165, 1.54) is 17.0 Å². The van der Waals surface area contributed by atoms with Gasteiger partial charge in [-0.3, -0.25) is 14.5 Å². The van der Waals surface area contributed by atoms with Gasteiger partial charge in [0.25, 0.3) is 12.3 Å². The second-order valence-corrected chi connectivity index (χ2v) is 9.38. The third-order valence-corrected chi connectivity index (χ3v) is 5.42. The number of rotatable bonds is 8. The number of nitrogens with two attached hydrogens (primary N) is 1. The molecule has 9 heteroatoms. The normalized spacial score (nSPS) is 18.6. The topological polar surface area (TPSA) is 87.9 Å². The number of carbonyl (C=O) groups is 2. The molecule has 0 bridgehead atoms. The van der Waals surface area contributed by atoms with E-state index in [0.717, 1.165) is 12.8 Å². The Balaban J connectivity index is 1.81. The van der Waals surface area contributed by atoms with E-state index in [9.17, 15) is 18.4 Å². The highest BCUT2D eigenvalue weighted by Gasteiger charge is 2.38. The molecule has 2 aliphatic rings. The lowest BCUT2D eigenvalue weighted by molar-refractivity contribution is -0.125. The van der Waals surface area contributed by atoms with Crippen molar-refractivity contribution in [2.75, 3.05) is 43.1 Å². The van der Waals surface area contributed by atoms with Gasteiger partial charge in [0.2, 0.25) is 5.91 Å². The minimum atomic E-state index is -2.81.